The minimum atomic E-state index is -0.466. The number of thiazole rings is 1. The van der Waals surface area contributed by atoms with E-state index in [2.05, 4.69) is 4.99 Å². The van der Waals surface area contributed by atoms with Crippen LogP contribution < -0.4 is 9.54 Å². The highest BCUT2D eigenvalue weighted by Gasteiger charge is 2.21. The quantitative estimate of drug-likeness (QED) is 0.853. The zero-order chi connectivity index (χ0) is 14.9. The summed E-state index contributed by atoms with van der Waals surface area (Å²) >= 11 is 1.52. The Morgan fingerprint density at radius 2 is 2.10 bits per heavy atom. The average Bonchev–Trinajstić information content (AvgIpc) is 2.74. The Kier molecular flexibility index (Phi) is 3.99. The SMILES string of the molecule is CCn1c(=NC(=O)C(C)(C)C)sc2cccc(OC)c21. The summed E-state index contributed by atoms with van der Waals surface area (Å²) in [5.74, 6) is 0.704. The second-order valence-electron chi connectivity index (χ2n) is 5.60. The van der Waals surface area contributed by atoms with E-state index in [1.165, 1.54) is 11.3 Å². The number of hydrogen-bond acceptors (Lipinski definition) is 3. The molecule has 0 aliphatic carbocycles. The Balaban J connectivity index is 2.73. The van der Waals surface area contributed by atoms with Crippen molar-refractivity contribution in [3.8, 4) is 5.75 Å². The molecule has 0 bridgehead atoms. The first-order valence-electron chi connectivity index (χ1n) is 6.64. The van der Waals surface area contributed by atoms with E-state index in [0.29, 0.717) is 0 Å². The fraction of sp³-hybridized carbons (Fsp3) is 0.467. The molecule has 1 amide bonds. The van der Waals surface area contributed by atoms with Gasteiger partial charge in [0, 0.05) is 12.0 Å². The predicted molar refractivity (Wildman–Crippen MR) is 82.1 cm³/mol. The molecule has 1 aromatic carbocycles. The van der Waals surface area contributed by atoms with Crippen LogP contribution in [0, 0.1) is 5.41 Å². The monoisotopic (exact) mass is 292 g/mol. The van der Waals surface area contributed by atoms with Crippen LogP contribution in [0.1, 0.15) is 27.7 Å². The first-order chi connectivity index (χ1) is 9.38. The number of aryl methyl sites for hydroxylation is 1. The number of carbonyl (C=O) groups is 1. The van der Waals surface area contributed by atoms with Gasteiger partial charge in [-0.25, -0.2) is 0 Å². The van der Waals surface area contributed by atoms with Crippen molar-refractivity contribution in [1.82, 2.24) is 4.57 Å². The maximum Gasteiger partial charge on any atom is 0.253 e. The number of para-hydroxylation sites is 1. The summed E-state index contributed by atoms with van der Waals surface area (Å²) in [4.78, 5) is 17.2. The van der Waals surface area contributed by atoms with Crippen molar-refractivity contribution in [2.24, 2.45) is 10.4 Å². The van der Waals surface area contributed by atoms with Gasteiger partial charge in [0.25, 0.3) is 5.91 Å². The van der Waals surface area contributed by atoms with E-state index in [9.17, 15) is 4.79 Å². The number of carbonyl (C=O) groups excluding carboxylic acids is 1. The number of methoxy groups -OCH3 is 1. The molecule has 0 saturated heterocycles. The molecule has 0 aliphatic heterocycles. The van der Waals surface area contributed by atoms with Crippen LogP contribution in [0.2, 0.25) is 0 Å². The van der Waals surface area contributed by atoms with Gasteiger partial charge >= 0.3 is 0 Å². The van der Waals surface area contributed by atoms with Crippen LogP contribution in [0.15, 0.2) is 23.2 Å². The molecule has 5 heteroatoms. The third kappa shape index (κ3) is 2.63. The highest BCUT2D eigenvalue weighted by molar-refractivity contribution is 7.16. The fourth-order valence-electron chi connectivity index (χ4n) is 1.90. The van der Waals surface area contributed by atoms with Crippen LogP contribution in [-0.4, -0.2) is 17.6 Å². The third-order valence-electron chi connectivity index (χ3n) is 3.04. The van der Waals surface area contributed by atoms with Gasteiger partial charge in [-0.2, -0.15) is 4.99 Å². The minimum Gasteiger partial charge on any atom is -0.495 e. The van der Waals surface area contributed by atoms with Crippen LogP contribution in [0.5, 0.6) is 5.75 Å². The number of ether oxygens (including phenoxy) is 1. The van der Waals surface area contributed by atoms with E-state index in [-0.39, 0.29) is 5.91 Å². The summed E-state index contributed by atoms with van der Waals surface area (Å²) in [7, 11) is 1.66. The second-order valence-corrected chi connectivity index (χ2v) is 6.61. The molecule has 0 aliphatic rings. The van der Waals surface area contributed by atoms with E-state index < -0.39 is 5.41 Å². The molecular weight excluding hydrogens is 272 g/mol. The molecule has 2 rings (SSSR count). The summed E-state index contributed by atoms with van der Waals surface area (Å²) in [6.07, 6.45) is 0. The van der Waals surface area contributed by atoms with Gasteiger partial charge < -0.3 is 9.30 Å². The topological polar surface area (TPSA) is 43.6 Å². The van der Waals surface area contributed by atoms with Crippen molar-refractivity contribution in [2.75, 3.05) is 7.11 Å². The van der Waals surface area contributed by atoms with Gasteiger partial charge in [-0.3, -0.25) is 4.79 Å². The Labute approximate surface area is 122 Å². The minimum absolute atomic E-state index is 0.106. The maximum absolute atomic E-state index is 12.1. The highest BCUT2D eigenvalue weighted by Crippen LogP contribution is 2.27. The van der Waals surface area contributed by atoms with E-state index in [1.54, 1.807) is 7.11 Å². The third-order valence-corrected chi connectivity index (χ3v) is 4.08. The van der Waals surface area contributed by atoms with Crippen molar-refractivity contribution in [3.63, 3.8) is 0 Å². The normalized spacial score (nSPS) is 12.9. The summed E-state index contributed by atoms with van der Waals surface area (Å²) in [6, 6.07) is 5.90. The van der Waals surface area contributed by atoms with Crippen molar-refractivity contribution in [2.45, 2.75) is 34.2 Å². The zero-order valence-electron chi connectivity index (χ0n) is 12.6. The molecule has 0 atom stereocenters. The van der Waals surface area contributed by atoms with Crippen molar-refractivity contribution in [1.29, 1.82) is 0 Å². The van der Waals surface area contributed by atoms with Gasteiger partial charge in [0.05, 0.1) is 11.8 Å². The van der Waals surface area contributed by atoms with Crippen LogP contribution in [0.4, 0.5) is 0 Å². The Bertz CT molecular complexity index is 705. The summed E-state index contributed by atoms with van der Waals surface area (Å²) in [6.45, 7) is 8.42. The smallest absolute Gasteiger partial charge is 0.253 e. The van der Waals surface area contributed by atoms with Gasteiger partial charge in [0.1, 0.15) is 11.3 Å². The number of aromatic nitrogens is 1. The van der Waals surface area contributed by atoms with E-state index in [4.69, 9.17) is 4.74 Å². The lowest BCUT2D eigenvalue weighted by Crippen LogP contribution is -2.23. The molecule has 0 fully saturated rings. The number of rotatable bonds is 2. The highest BCUT2D eigenvalue weighted by atomic mass is 32.1. The number of fused-ring (bicyclic) bond motifs is 1. The molecule has 4 nitrogen and oxygen atoms in total. The first-order valence-corrected chi connectivity index (χ1v) is 7.45. The number of benzene rings is 1. The number of hydrogen-bond donors (Lipinski definition) is 0. The lowest BCUT2D eigenvalue weighted by atomic mass is 9.96. The lowest BCUT2D eigenvalue weighted by molar-refractivity contribution is -0.125. The average molecular weight is 292 g/mol. The molecular formula is C15H20N2O2S. The van der Waals surface area contributed by atoms with E-state index >= 15 is 0 Å². The Morgan fingerprint density at radius 1 is 1.40 bits per heavy atom. The molecule has 0 radical (unpaired) electrons. The second kappa shape index (κ2) is 5.40. The zero-order valence-corrected chi connectivity index (χ0v) is 13.4. The molecule has 0 saturated carbocycles. The van der Waals surface area contributed by atoms with Crippen LogP contribution in [0.25, 0.3) is 10.2 Å². The standard InChI is InChI=1S/C15H20N2O2S/c1-6-17-12-10(19-5)8-7-9-11(12)20-14(17)16-13(18)15(2,3)4/h7-9H,6H2,1-5H3. The largest absolute Gasteiger partial charge is 0.495 e. The van der Waals surface area contributed by atoms with Gasteiger partial charge in [0.15, 0.2) is 4.80 Å². The van der Waals surface area contributed by atoms with Crippen LogP contribution in [0.3, 0.4) is 0 Å². The van der Waals surface area contributed by atoms with Crippen LogP contribution in [-0.2, 0) is 11.3 Å². The molecule has 0 unspecified atom stereocenters. The Hall–Kier alpha value is -1.62. The molecule has 0 spiro atoms. The predicted octanol–water partition coefficient (Wildman–Crippen LogP) is 3.20. The van der Waals surface area contributed by atoms with Crippen LogP contribution >= 0.6 is 11.3 Å². The van der Waals surface area contributed by atoms with E-state index in [1.807, 2.05) is 50.5 Å². The molecule has 20 heavy (non-hydrogen) atoms. The number of amides is 1. The van der Waals surface area contributed by atoms with E-state index in [0.717, 1.165) is 27.3 Å². The summed E-state index contributed by atoms with van der Waals surface area (Å²) in [5, 5.41) is 0. The molecule has 1 heterocycles. The lowest BCUT2D eigenvalue weighted by Gasteiger charge is -2.11. The molecule has 2 aromatic rings. The molecule has 0 N–H and O–H groups in total. The number of nitrogens with zero attached hydrogens (tertiary/aromatic N) is 2. The van der Waals surface area contributed by atoms with Gasteiger partial charge in [-0.1, -0.05) is 38.2 Å². The van der Waals surface area contributed by atoms with Crippen molar-refractivity contribution < 1.29 is 9.53 Å². The molecule has 1 aromatic heterocycles. The molecule has 108 valence electrons. The fourth-order valence-corrected chi connectivity index (χ4v) is 3.01. The van der Waals surface area contributed by atoms with Gasteiger partial charge in [0.2, 0.25) is 0 Å². The summed E-state index contributed by atoms with van der Waals surface area (Å²) in [5.41, 5.74) is 0.536. The van der Waals surface area contributed by atoms with Gasteiger partial charge in [-0.05, 0) is 19.1 Å². The Morgan fingerprint density at radius 3 is 2.65 bits per heavy atom. The first kappa shape index (κ1) is 14.8. The van der Waals surface area contributed by atoms with Gasteiger partial charge in [-0.15, -0.1) is 0 Å². The van der Waals surface area contributed by atoms with Crippen molar-refractivity contribution >= 4 is 27.5 Å². The summed E-state index contributed by atoms with van der Waals surface area (Å²) < 4.78 is 8.52. The maximum atomic E-state index is 12.1. The van der Waals surface area contributed by atoms with Crippen molar-refractivity contribution in [3.05, 3.63) is 23.0 Å².